The third-order valence-electron chi connectivity index (χ3n) is 12.5. The van der Waals surface area contributed by atoms with Gasteiger partial charge < -0.3 is 14.5 Å². The number of fused-ring (bicyclic) bond motifs is 5. The Morgan fingerprint density at radius 3 is 1.84 bits per heavy atom. The number of aliphatic imine (C=N–C) groups is 1. The Hall–Kier alpha value is -7.69. The van der Waals surface area contributed by atoms with Crippen LogP contribution in [0.2, 0.25) is 0 Å². The lowest BCUT2D eigenvalue weighted by molar-refractivity contribution is 0.625. The summed E-state index contributed by atoms with van der Waals surface area (Å²) in [7, 11) is 0. The number of benzene rings is 9. The zero-order valence-corrected chi connectivity index (χ0v) is 31.4. The molecule has 1 atom stereocenters. The number of nitrogens with zero attached hydrogens (tertiary/aromatic N) is 3. The normalized spacial score (nSPS) is 14.3. The first-order valence-corrected chi connectivity index (χ1v) is 20.0. The first-order valence-electron chi connectivity index (χ1n) is 20.0. The summed E-state index contributed by atoms with van der Waals surface area (Å²) < 4.78 is 4.92. The molecule has 12 aromatic rings. The van der Waals surface area contributed by atoms with E-state index in [9.17, 15) is 0 Å². The molecule has 0 aliphatic carbocycles. The van der Waals surface area contributed by atoms with Crippen LogP contribution in [0.4, 0.5) is 5.69 Å². The van der Waals surface area contributed by atoms with Gasteiger partial charge >= 0.3 is 0 Å². The fraction of sp³-hybridized carbons (Fsp3) is 0.0185. The molecule has 3 heterocycles. The fourth-order valence-electron chi connectivity index (χ4n) is 9.99. The second-order valence-corrected chi connectivity index (χ2v) is 15.5. The van der Waals surface area contributed by atoms with Gasteiger partial charge in [0.1, 0.15) is 0 Å². The van der Waals surface area contributed by atoms with Crippen molar-refractivity contribution in [3.05, 3.63) is 205 Å². The number of nitrogens with one attached hydrogen (secondary N) is 1. The summed E-state index contributed by atoms with van der Waals surface area (Å²) in [6.07, 6.45) is -0.393. The maximum Gasteiger partial charge on any atom is 0.201 e. The quantitative estimate of drug-likeness (QED) is 0.192. The molecule has 270 valence electrons. The molecule has 0 saturated heterocycles. The number of anilines is 1. The Balaban J connectivity index is 1.16. The molecule has 0 bridgehead atoms. The highest BCUT2D eigenvalue weighted by atomic mass is 15.3. The number of hydrogen-bond acceptors (Lipinski definition) is 2. The fourth-order valence-corrected chi connectivity index (χ4v) is 9.99. The maximum absolute atomic E-state index is 5.65. The van der Waals surface area contributed by atoms with E-state index in [1.165, 1.54) is 76.0 Å². The van der Waals surface area contributed by atoms with E-state index in [0.29, 0.717) is 0 Å². The summed E-state index contributed by atoms with van der Waals surface area (Å²) in [5.74, 6) is 0. The topological polar surface area (TPSA) is 34.2 Å². The molecule has 2 aromatic heterocycles. The van der Waals surface area contributed by atoms with Crippen LogP contribution >= 0.6 is 0 Å². The second-order valence-electron chi connectivity index (χ2n) is 15.5. The van der Waals surface area contributed by atoms with Crippen molar-refractivity contribution in [2.24, 2.45) is 4.99 Å². The van der Waals surface area contributed by atoms with Crippen LogP contribution in [0.15, 0.2) is 199 Å². The zero-order chi connectivity index (χ0) is 37.9. The van der Waals surface area contributed by atoms with Gasteiger partial charge in [-0.05, 0) is 92.0 Å². The molecule has 4 nitrogen and oxygen atoms in total. The smallest absolute Gasteiger partial charge is 0.201 e. The van der Waals surface area contributed by atoms with E-state index in [4.69, 9.17) is 4.99 Å². The average molecular weight is 739 g/mol. The summed E-state index contributed by atoms with van der Waals surface area (Å²) in [6.45, 7) is 0. The number of hydrogen-bond donors (Lipinski definition) is 1. The van der Waals surface area contributed by atoms with Gasteiger partial charge in [-0.1, -0.05) is 146 Å². The molecular weight excluding hydrogens is 705 g/mol. The molecule has 0 radical (unpaired) electrons. The second kappa shape index (κ2) is 11.9. The zero-order valence-electron chi connectivity index (χ0n) is 31.4. The van der Waals surface area contributed by atoms with Crippen molar-refractivity contribution in [2.75, 3.05) is 5.32 Å². The van der Waals surface area contributed by atoms with Crippen LogP contribution in [-0.4, -0.2) is 14.8 Å². The van der Waals surface area contributed by atoms with Crippen LogP contribution in [0.1, 0.15) is 17.4 Å². The summed E-state index contributed by atoms with van der Waals surface area (Å²) in [6, 6.07) is 70.8. The molecule has 58 heavy (non-hydrogen) atoms. The van der Waals surface area contributed by atoms with Crippen LogP contribution < -0.4 is 5.32 Å². The average Bonchev–Trinajstić information content (AvgIpc) is 3.81. The Kier molecular flexibility index (Phi) is 6.47. The van der Waals surface area contributed by atoms with Gasteiger partial charge in [0.15, 0.2) is 0 Å². The van der Waals surface area contributed by atoms with Gasteiger partial charge in [-0.3, -0.25) is 0 Å². The monoisotopic (exact) mass is 738 g/mol. The maximum atomic E-state index is 5.65. The highest BCUT2D eigenvalue weighted by molar-refractivity contribution is 6.39. The standard InChI is InChI=1S/C54H34N4/c1-2-13-33(14-3-1)36-17-10-18-38(32-36)57-45-25-11-22-41-39-19-6-7-20-40(39)42-23-12-26-46-50(42)52-48(30-29-47(57)51(52)49(41)45)58(46)54-55-44-24-9-8-21-43(44)53(56-54)37-28-27-34-15-4-5-16-35(34)31-37/h1-32,54-55H. The van der Waals surface area contributed by atoms with E-state index in [2.05, 4.69) is 209 Å². The lowest BCUT2D eigenvalue weighted by Gasteiger charge is -2.28. The lowest BCUT2D eigenvalue weighted by Crippen LogP contribution is -2.24. The van der Waals surface area contributed by atoms with Crippen LogP contribution in [0.25, 0.3) is 92.7 Å². The first-order chi connectivity index (χ1) is 28.8. The molecule has 1 unspecified atom stereocenters. The molecule has 1 aliphatic rings. The Bertz CT molecular complexity index is 3660. The van der Waals surface area contributed by atoms with Crippen molar-refractivity contribution in [1.29, 1.82) is 0 Å². The first kappa shape index (κ1) is 31.5. The minimum absolute atomic E-state index is 0.393. The van der Waals surface area contributed by atoms with Crippen molar-refractivity contribution in [3.63, 3.8) is 0 Å². The van der Waals surface area contributed by atoms with Crippen molar-refractivity contribution >= 4 is 87.3 Å². The highest BCUT2D eigenvalue weighted by Gasteiger charge is 2.29. The van der Waals surface area contributed by atoms with Crippen molar-refractivity contribution in [1.82, 2.24) is 9.13 Å². The number of rotatable bonds is 4. The van der Waals surface area contributed by atoms with Crippen LogP contribution in [0, 0.1) is 0 Å². The lowest BCUT2D eigenvalue weighted by atomic mass is 9.95. The Morgan fingerprint density at radius 1 is 0.397 bits per heavy atom. The summed E-state index contributed by atoms with van der Waals surface area (Å²) in [4.78, 5) is 5.65. The third kappa shape index (κ3) is 4.37. The van der Waals surface area contributed by atoms with Gasteiger partial charge in [0, 0.05) is 44.0 Å². The molecule has 0 spiro atoms. The molecule has 1 N–H and O–H groups in total. The van der Waals surface area contributed by atoms with E-state index in [-0.39, 0.29) is 0 Å². The molecule has 0 saturated carbocycles. The minimum Gasteiger partial charge on any atom is -0.346 e. The van der Waals surface area contributed by atoms with Crippen molar-refractivity contribution in [2.45, 2.75) is 6.29 Å². The summed E-state index contributed by atoms with van der Waals surface area (Å²) in [5.41, 5.74) is 12.5. The van der Waals surface area contributed by atoms with Crippen LogP contribution in [0.5, 0.6) is 0 Å². The summed E-state index contributed by atoms with van der Waals surface area (Å²) in [5, 5.41) is 16.4. The van der Waals surface area contributed by atoms with E-state index >= 15 is 0 Å². The minimum atomic E-state index is -0.393. The molecule has 0 amide bonds. The van der Waals surface area contributed by atoms with Gasteiger partial charge in [-0.25, -0.2) is 4.99 Å². The number of para-hydroxylation sites is 1. The summed E-state index contributed by atoms with van der Waals surface area (Å²) >= 11 is 0. The van der Waals surface area contributed by atoms with Gasteiger partial charge in [0.25, 0.3) is 0 Å². The predicted octanol–water partition coefficient (Wildman–Crippen LogP) is 13.9. The third-order valence-corrected chi connectivity index (χ3v) is 12.5. The van der Waals surface area contributed by atoms with Gasteiger partial charge in [0.2, 0.25) is 6.29 Å². The Labute approximate surface area is 333 Å². The van der Waals surface area contributed by atoms with Gasteiger partial charge in [-0.2, -0.15) is 0 Å². The van der Waals surface area contributed by atoms with Crippen molar-refractivity contribution in [3.8, 4) is 16.8 Å². The Morgan fingerprint density at radius 2 is 1.00 bits per heavy atom. The van der Waals surface area contributed by atoms with Crippen LogP contribution in [0.3, 0.4) is 0 Å². The van der Waals surface area contributed by atoms with E-state index in [1.54, 1.807) is 0 Å². The predicted molar refractivity (Wildman–Crippen MR) is 244 cm³/mol. The van der Waals surface area contributed by atoms with Gasteiger partial charge in [0.05, 0.1) is 27.8 Å². The largest absolute Gasteiger partial charge is 0.346 e. The van der Waals surface area contributed by atoms with Crippen LogP contribution in [-0.2, 0) is 0 Å². The highest BCUT2D eigenvalue weighted by Crippen LogP contribution is 2.48. The van der Waals surface area contributed by atoms with E-state index in [1.807, 2.05) is 0 Å². The van der Waals surface area contributed by atoms with E-state index in [0.717, 1.165) is 39.2 Å². The molecule has 13 rings (SSSR count). The molecule has 0 fully saturated rings. The SMILES string of the molecule is c1ccc(-c2cccc(-n3c4cccc5c6ccccc6c6cccc7c6c6c(c54)c3ccc6n7C3N=C(c4ccc5ccccc5c4)c4ccccc4N3)c2)cc1. The van der Waals surface area contributed by atoms with E-state index < -0.39 is 6.29 Å². The van der Waals surface area contributed by atoms with Crippen molar-refractivity contribution < 1.29 is 0 Å². The molecule has 1 aliphatic heterocycles. The van der Waals surface area contributed by atoms with Gasteiger partial charge in [-0.15, -0.1) is 0 Å². The number of aromatic nitrogens is 2. The molecule has 10 aromatic carbocycles. The molecular formula is C54H34N4. The molecule has 4 heteroatoms.